The van der Waals surface area contributed by atoms with Crippen molar-refractivity contribution in [1.82, 2.24) is 20.2 Å². The second-order valence-electron chi connectivity index (χ2n) is 10.3. The molecule has 42 heavy (non-hydrogen) atoms. The molecule has 2 rings (SSSR count). The highest BCUT2D eigenvalue weighted by Gasteiger charge is 2.62. The number of aromatic nitrogens is 4. The summed E-state index contributed by atoms with van der Waals surface area (Å²) in [7, 11) is -5.42. The Morgan fingerprint density at radius 1 is 0.810 bits per heavy atom. The maximum atomic E-state index is 13.8. The Balaban J connectivity index is 2.23. The number of nitrogens with one attached hydrogen (secondary N) is 1. The number of amides is 1. The topological polar surface area (TPSA) is 169 Å². The Labute approximate surface area is 249 Å². The molecule has 2 aromatic rings. The molecule has 1 amide bonds. The minimum atomic E-state index is -4.73. The average Bonchev–Trinajstić information content (AvgIpc) is 3.38. The van der Waals surface area contributed by atoms with E-state index in [2.05, 4.69) is 27.7 Å². The molecule has 0 atom stereocenters. The smallest absolute Gasteiger partial charge is 0.311 e. The number of hydrogen-bond acceptors (Lipinski definition) is 11. The van der Waals surface area contributed by atoms with Crippen molar-refractivity contribution in [3.05, 3.63) is 18.0 Å². The van der Waals surface area contributed by atoms with E-state index in [1.54, 1.807) is 0 Å². The Morgan fingerprint density at radius 2 is 1.29 bits per heavy atom. The molecule has 1 heterocycles. The molecule has 0 radical (unpaired) electrons. The molecule has 238 valence electrons. The third kappa shape index (κ3) is 8.55. The van der Waals surface area contributed by atoms with E-state index < -0.39 is 35.5 Å². The third-order valence-corrected chi connectivity index (χ3v) is 11.6. The quantitative estimate of drug-likeness (QED) is 0.210. The van der Waals surface area contributed by atoms with E-state index in [4.69, 9.17) is 14.2 Å². The summed E-state index contributed by atoms with van der Waals surface area (Å²) in [6.45, 7) is 2.49. The van der Waals surface area contributed by atoms with Crippen LogP contribution in [0.25, 0.3) is 0 Å². The zero-order valence-corrected chi connectivity index (χ0v) is 27.1. The lowest BCUT2D eigenvalue weighted by Crippen LogP contribution is -2.53. The van der Waals surface area contributed by atoms with Crippen LogP contribution in [0.3, 0.4) is 0 Å². The minimum Gasteiger partial charge on any atom is -0.496 e. The molecule has 0 aliphatic carbocycles. The lowest BCUT2D eigenvalue weighted by atomic mass is 10.1. The number of nitrogens with zero attached hydrogens (tertiary/aromatic N) is 4. The zero-order chi connectivity index (χ0) is 31.4. The molecule has 13 nitrogen and oxygen atoms in total. The normalized spacial score (nSPS) is 12.2. The highest BCUT2D eigenvalue weighted by Crippen LogP contribution is 2.41. The second-order valence-corrected chi connectivity index (χ2v) is 14.8. The van der Waals surface area contributed by atoms with Gasteiger partial charge in [0, 0.05) is 24.6 Å². The van der Waals surface area contributed by atoms with Gasteiger partial charge in [0.25, 0.3) is 5.91 Å². The highest BCUT2D eigenvalue weighted by molar-refractivity contribution is 8.10. The predicted octanol–water partition coefficient (Wildman–Crippen LogP) is 3.89. The van der Waals surface area contributed by atoms with Crippen LogP contribution in [0.4, 0.5) is 5.69 Å². The van der Waals surface area contributed by atoms with Crippen LogP contribution in [0.5, 0.6) is 17.2 Å². The largest absolute Gasteiger partial charge is 0.496 e. The number of ether oxygens (including phenoxy) is 3. The Kier molecular flexibility index (Phi) is 13.5. The third-order valence-electron chi connectivity index (χ3n) is 7.01. The summed E-state index contributed by atoms with van der Waals surface area (Å²) in [6.07, 6.45) is 13.8. The van der Waals surface area contributed by atoms with Gasteiger partial charge in [0.2, 0.25) is 5.82 Å². The van der Waals surface area contributed by atoms with E-state index in [9.17, 15) is 21.6 Å². The van der Waals surface area contributed by atoms with Crippen LogP contribution in [0, 0.1) is 0 Å². The summed E-state index contributed by atoms with van der Waals surface area (Å²) in [5.74, 6) is -1.78. The number of carbonyl (C=O) groups excluding carboxylic acids is 1. The fraction of sp³-hybridized carbons (Fsp3) is 0.704. The fourth-order valence-corrected chi connectivity index (χ4v) is 8.56. The van der Waals surface area contributed by atoms with E-state index >= 15 is 0 Å². The van der Waals surface area contributed by atoms with Gasteiger partial charge in [0.15, 0.2) is 19.7 Å². The van der Waals surface area contributed by atoms with Gasteiger partial charge in [-0.2, -0.15) is 4.80 Å². The molecular weight excluding hydrogens is 586 g/mol. The van der Waals surface area contributed by atoms with E-state index in [-0.39, 0.29) is 23.7 Å². The number of unbranched alkanes of at least 4 members (excludes halogenated alkanes) is 10. The summed E-state index contributed by atoms with van der Waals surface area (Å²) >= 11 is 0. The van der Waals surface area contributed by atoms with Crippen LogP contribution < -0.4 is 19.5 Å². The van der Waals surface area contributed by atoms with Crippen LogP contribution >= 0.6 is 0 Å². The fourth-order valence-electron chi connectivity index (χ4n) is 4.76. The molecule has 0 unspecified atom stereocenters. The van der Waals surface area contributed by atoms with E-state index in [0.29, 0.717) is 24.7 Å². The summed E-state index contributed by atoms with van der Waals surface area (Å²) in [5.41, 5.74) is -0.101. The van der Waals surface area contributed by atoms with Gasteiger partial charge in [-0.3, -0.25) is 4.79 Å². The summed E-state index contributed by atoms with van der Waals surface area (Å²) in [5, 5.41) is 14.1. The molecule has 0 saturated carbocycles. The van der Waals surface area contributed by atoms with Crippen LogP contribution in [-0.2, 0) is 35.1 Å². The lowest BCUT2D eigenvalue weighted by molar-refractivity contribution is -0.117. The first-order valence-electron chi connectivity index (χ1n) is 14.2. The highest BCUT2D eigenvalue weighted by atomic mass is 32.3. The minimum absolute atomic E-state index is 0.0450. The number of aryl methyl sites for hydroxylation is 1. The predicted molar refractivity (Wildman–Crippen MR) is 160 cm³/mol. The molecule has 0 spiro atoms. The standard InChI is InChI=1S/C27H45N5O8S2/c1-7-8-9-10-11-12-13-14-15-16-17-18-32-30-25(29-31-32)27(41(5,34)35,42(6,36)37)26(33)28-24-22(39-3)19-21(38-2)20-23(24)40-4/h19-20H,7-18H2,1-6H3,(H,28,33). The first-order chi connectivity index (χ1) is 19.9. The monoisotopic (exact) mass is 631 g/mol. The van der Waals surface area contributed by atoms with Crippen molar-refractivity contribution in [1.29, 1.82) is 0 Å². The van der Waals surface area contributed by atoms with Gasteiger partial charge < -0.3 is 19.5 Å². The second kappa shape index (κ2) is 16.1. The van der Waals surface area contributed by atoms with Crippen molar-refractivity contribution >= 4 is 31.3 Å². The number of rotatable bonds is 20. The van der Waals surface area contributed by atoms with Gasteiger partial charge in [0.1, 0.15) is 22.9 Å². The molecule has 0 bridgehead atoms. The Morgan fingerprint density at radius 3 is 1.71 bits per heavy atom. The number of carbonyl (C=O) groups is 1. The van der Waals surface area contributed by atoms with Gasteiger partial charge in [-0.05, 0) is 11.6 Å². The van der Waals surface area contributed by atoms with Crippen LogP contribution in [0.1, 0.15) is 83.4 Å². The maximum Gasteiger partial charge on any atom is 0.311 e. The summed E-state index contributed by atoms with van der Waals surface area (Å²) < 4.78 is 65.3. The molecule has 0 aliphatic heterocycles. The molecule has 0 fully saturated rings. The zero-order valence-electron chi connectivity index (χ0n) is 25.5. The molecule has 0 aliphatic rings. The average molecular weight is 632 g/mol. The van der Waals surface area contributed by atoms with Gasteiger partial charge >= 0.3 is 4.08 Å². The molecule has 15 heteroatoms. The Bertz CT molecular complexity index is 1320. The number of anilines is 1. The molecular formula is C27H45N5O8S2. The number of benzene rings is 1. The maximum absolute atomic E-state index is 13.8. The van der Waals surface area contributed by atoms with Crippen molar-refractivity contribution in [2.24, 2.45) is 0 Å². The van der Waals surface area contributed by atoms with Crippen LogP contribution in [-0.4, -0.2) is 76.8 Å². The van der Waals surface area contributed by atoms with Crippen molar-refractivity contribution in [2.75, 3.05) is 39.2 Å². The summed E-state index contributed by atoms with van der Waals surface area (Å²) in [6, 6.07) is 2.84. The van der Waals surface area contributed by atoms with Gasteiger partial charge in [-0.1, -0.05) is 71.1 Å². The molecule has 1 N–H and O–H groups in total. The number of tetrazole rings is 1. The SMILES string of the molecule is CCCCCCCCCCCCCn1nnc(C(C(=O)Nc2c(OC)cc(OC)cc2OC)(S(C)(=O)=O)S(C)(=O)=O)n1. The lowest BCUT2D eigenvalue weighted by Gasteiger charge is -2.26. The van der Waals surface area contributed by atoms with Gasteiger partial charge in [-0.15, -0.1) is 10.2 Å². The van der Waals surface area contributed by atoms with Crippen LogP contribution in [0.2, 0.25) is 0 Å². The van der Waals surface area contributed by atoms with E-state index in [0.717, 1.165) is 24.1 Å². The van der Waals surface area contributed by atoms with Gasteiger partial charge in [-0.25, -0.2) is 16.8 Å². The van der Waals surface area contributed by atoms with Crippen molar-refractivity contribution in [3.63, 3.8) is 0 Å². The van der Waals surface area contributed by atoms with E-state index in [1.807, 2.05) is 0 Å². The number of hydrogen-bond donors (Lipinski definition) is 1. The van der Waals surface area contributed by atoms with Crippen LogP contribution in [0.15, 0.2) is 12.1 Å². The summed E-state index contributed by atoms with van der Waals surface area (Å²) in [4.78, 5) is 14.9. The van der Waals surface area contributed by atoms with Crippen molar-refractivity contribution in [2.45, 2.75) is 88.2 Å². The first kappa shape index (κ1) is 35.3. The number of methoxy groups -OCH3 is 3. The molecule has 0 saturated heterocycles. The van der Waals surface area contributed by atoms with Crippen molar-refractivity contribution < 1.29 is 35.8 Å². The first-order valence-corrected chi connectivity index (χ1v) is 17.9. The van der Waals surface area contributed by atoms with E-state index in [1.165, 1.54) is 78.4 Å². The van der Waals surface area contributed by atoms with Gasteiger partial charge in [0.05, 0.1) is 27.9 Å². The molecule has 1 aromatic heterocycles. The molecule has 1 aromatic carbocycles. The number of sulfone groups is 2. The Hall–Kier alpha value is -2.94. The van der Waals surface area contributed by atoms with Crippen molar-refractivity contribution in [3.8, 4) is 17.2 Å².